The molecule has 6 heteroatoms. The van der Waals surface area contributed by atoms with E-state index in [-0.39, 0.29) is 11.8 Å². The van der Waals surface area contributed by atoms with Crippen LogP contribution in [0.1, 0.15) is 21.7 Å². The zero-order chi connectivity index (χ0) is 18.1. The second kappa shape index (κ2) is 6.71. The largest absolute Gasteiger partial charge is 0.464 e. The number of benzene rings is 1. The molecule has 26 heavy (non-hydrogen) atoms. The summed E-state index contributed by atoms with van der Waals surface area (Å²) in [6, 6.07) is 9.35. The molecule has 0 radical (unpaired) electrons. The maximum atomic E-state index is 12.6. The number of carbonyl (C=O) groups excluding carboxylic acids is 2. The Bertz CT molecular complexity index is 934. The number of rotatable bonds is 3. The molecule has 1 fully saturated rings. The number of piperazine rings is 1. The van der Waals surface area contributed by atoms with Crippen molar-refractivity contribution in [2.24, 2.45) is 0 Å². The van der Waals surface area contributed by atoms with Crippen molar-refractivity contribution in [3.8, 4) is 0 Å². The summed E-state index contributed by atoms with van der Waals surface area (Å²) in [5.41, 5.74) is 2.84. The Morgan fingerprint density at radius 1 is 1.04 bits per heavy atom. The molecule has 2 amide bonds. The number of carbonyl (C=O) groups is 2. The van der Waals surface area contributed by atoms with E-state index < -0.39 is 0 Å². The van der Waals surface area contributed by atoms with Crippen molar-refractivity contribution in [2.45, 2.75) is 13.3 Å². The van der Waals surface area contributed by atoms with Gasteiger partial charge in [0.1, 0.15) is 5.58 Å². The highest BCUT2D eigenvalue weighted by molar-refractivity contribution is 5.92. The molecule has 134 valence electrons. The lowest BCUT2D eigenvalue weighted by Gasteiger charge is -2.34. The van der Waals surface area contributed by atoms with Gasteiger partial charge in [-0.1, -0.05) is 12.1 Å². The number of fused-ring (bicyclic) bond motifs is 1. The van der Waals surface area contributed by atoms with Gasteiger partial charge in [0.2, 0.25) is 5.91 Å². The molecule has 0 unspecified atom stereocenters. The van der Waals surface area contributed by atoms with Gasteiger partial charge < -0.3 is 18.6 Å². The van der Waals surface area contributed by atoms with Gasteiger partial charge in [0.25, 0.3) is 5.91 Å². The van der Waals surface area contributed by atoms with Crippen LogP contribution in [0.25, 0.3) is 11.0 Å². The molecule has 0 bridgehead atoms. The van der Waals surface area contributed by atoms with Crippen LogP contribution in [0.5, 0.6) is 0 Å². The van der Waals surface area contributed by atoms with Gasteiger partial charge in [-0.2, -0.15) is 0 Å². The molecule has 6 nitrogen and oxygen atoms in total. The van der Waals surface area contributed by atoms with E-state index in [0.717, 1.165) is 22.1 Å². The third-order valence-electron chi connectivity index (χ3n) is 4.80. The quantitative estimate of drug-likeness (QED) is 0.727. The Balaban J connectivity index is 1.38. The molecule has 1 saturated heterocycles. The smallest absolute Gasteiger partial charge is 0.289 e. The van der Waals surface area contributed by atoms with Gasteiger partial charge in [-0.25, -0.2) is 0 Å². The highest BCUT2D eigenvalue weighted by atomic mass is 16.3. The lowest BCUT2D eigenvalue weighted by molar-refractivity contribution is -0.131. The average molecular weight is 352 g/mol. The molecule has 3 heterocycles. The monoisotopic (exact) mass is 352 g/mol. The maximum absolute atomic E-state index is 12.6. The predicted octanol–water partition coefficient (Wildman–Crippen LogP) is 2.86. The fourth-order valence-electron chi connectivity index (χ4n) is 3.32. The second-order valence-electron chi connectivity index (χ2n) is 6.59. The van der Waals surface area contributed by atoms with Gasteiger partial charge in [0.15, 0.2) is 5.76 Å². The van der Waals surface area contributed by atoms with Crippen LogP contribution in [-0.4, -0.2) is 47.8 Å². The minimum Gasteiger partial charge on any atom is -0.464 e. The van der Waals surface area contributed by atoms with E-state index in [0.29, 0.717) is 38.4 Å². The molecule has 3 aromatic rings. The predicted molar refractivity (Wildman–Crippen MR) is 95.8 cm³/mol. The Hall–Kier alpha value is -3.02. The summed E-state index contributed by atoms with van der Waals surface area (Å²) in [6.45, 7) is 4.09. The van der Waals surface area contributed by atoms with Gasteiger partial charge in [-0.3, -0.25) is 9.59 Å². The molecular weight excluding hydrogens is 332 g/mol. The fraction of sp³-hybridized carbons (Fsp3) is 0.300. The van der Waals surface area contributed by atoms with Crippen molar-refractivity contribution in [3.05, 3.63) is 59.7 Å². The van der Waals surface area contributed by atoms with Crippen LogP contribution in [-0.2, 0) is 11.2 Å². The normalized spacial score (nSPS) is 14.8. The van der Waals surface area contributed by atoms with E-state index in [9.17, 15) is 9.59 Å². The van der Waals surface area contributed by atoms with Crippen LogP contribution in [0.4, 0.5) is 0 Å². The number of hydrogen-bond donors (Lipinski definition) is 0. The molecule has 4 rings (SSSR count). The molecule has 0 saturated carbocycles. The van der Waals surface area contributed by atoms with E-state index in [1.807, 2.05) is 25.1 Å². The van der Waals surface area contributed by atoms with E-state index in [2.05, 4.69) is 0 Å². The number of nitrogens with zero attached hydrogens (tertiary/aromatic N) is 2. The summed E-state index contributed by atoms with van der Waals surface area (Å²) in [5, 5.41) is 0.982. The van der Waals surface area contributed by atoms with Crippen LogP contribution in [0.15, 0.2) is 51.7 Å². The number of furan rings is 2. The van der Waals surface area contributed by atoms with Gasteiger partial charge >= 0.3 is 0 Å². The maximum Gasteiger partial charge on any atom is 0.289 e. The number of amides is 2. The van der Waals surface area contributed by atoms with Gasteiger partial charge in [0.05, 0.1) is 18.9 Å². The first-order valence-corrected chi connectivity index (χ1v) is 8.69. The van der Waals surface area contributed by atoms with Crippen molar-refractivity contribution in [3.63, 3.8) is 0 Å². The Morgan fingerprint density at radius 3 is 2.54 bits per heavy atom. The Morgan fingerprint density at radius 2 is 1.81 bits per heavy atom. The van der Waals surface area contributed by atoms with Crippen LogP contribution >= 0.6 is 0 Å². The highest BCUT2D eigenvalue weighted by Crippen LogP contribution is 2.23. The summed E-state index contributed by atoms with van der Waals surface area (Å²) in [7, 11) is 0. The van der Waals surface area contributed by atoms with Crippen molar-refractivity contribution in [1.29, 1.82) is 0 Å². The first-order chi connectivity index (χ1) is 12.6. The van der Waals surface area contributed by atoms with Crippen molar-refractivity contribution in [1.82, 2.24) is 9.80 Å². The minimum atomic E-state index is -0.127. The van der Waals surface area contributed by atoms with Gasteiger partial charge in [-0.15, -0.1) is 0 Å². The molecule has 1 aliphatic rings. The van der Waals surface area contributed by atoms with Crippen molar-refractivity contribution >= 4 is 22.8 Å². The fourth-order valence-corrected chi connectivity index (χ4v) is 3.32. The van der Waals surface area contributed by atoms with E-state index in [4.69, 9.17) is 8.83 Å². The lowest BCUT2D eigenvalue weighted by atomic mass is 10.1. The van der Waals surface area contributed by atoms with Crippen molar-refractivity contribution < 1.29 is 18.4 Å². The summed E-state index contributed by atoms with van der Waals surface area (Å²) in [5.74, 6) is 0.265. The third kappa shape index (κ3) is 3.10. The Kier molecular flexibility index (Phi) is 4.24. The van der Waals surface area contributed by atoms with E-state index in [1.54, 1.807) is 28.2 Å². The highest BCUT2D eigenvalue weighted by Gasteiger charge is 2.26. The van der Waals surface area contributed by atoms with E-state index >= 15 is 0 Å². The SMILES string of the molecule is Cc1ccc2c(CC(=O)N3CCN(C(=O)c4ccco4)CC3)coc2c1. The second-order valence-corrected chi connectivity index (χ2v) is 6.59. The molecule has 1 aromatic carbocycles. The molecular formula is C20H20N2O4. The third-order valence-corrected chi connectivity index (χ3v) is 4.80. The van der Waals surface area contributed by atoms with Crippen LogP contribution in [0, 0.1) is 6.92 Å². The molecule has 0 aliphatic carbocycles. The first-order valence-electron chi connectivity index (χ1n) is 8.69. The lowest BCUT2D eigenvalue weighted by Crippen LogP contribution is -2.50. The first kappa shape index (κ1) is 16.4. The summed E-state index contributed by atoms with van der Waals surface area (Å²) in [6.07, 6.45) is 3.46. The van der Waals surface area contributed by atoms with Crippen molar-refractivity contribution in [2.75, 3.05) is 26.2 Å². The molecule has 2 aromatic heterocycles. The minimum absolute atomic E-state index is 0.0540. The van der Waals surface area contributed by atoms with Gasteiger partial charge in [0, 0.05) is 37.1 Å². The zero-order valence-corrected chi connectivity index (χ0v) is 14.6. The molecule has 0 spiro atoms. The van der Waals surface area contributed by atoms with Gasteiger partial charge in [-0.05, 0) is 30.7 Å². The molecule has 1 aliphatic heterocycles. The summed E-state index contributed by atoms with van der Waals surface area (Å²) in [4.78, 5) is 28.5. The topological polar surface area (TPSA) is 66.9 Å². The molecule has 0 atom stereocenters. The Labute approximate surface area is 151 Å². The average Bonchev–Trinajstić information content (AvgIpc) is 3.31. The summed E-state index contributed by atoms with van der Waals surface area (Å²) < 4.78 is 10.7. The zero-order valence-electron chi connectivity index (χ0n) is 14.6. The number of hydrogen-bond acceptors (Lipinski definition) is 4. The van der Waals surface area contributed by atoms with Crippen LogP contribution in [0.3, 0.4) is 0 Å². The van der Waals surface area contributed by atoms with Crippen LogP contribution < -0.4 is 0 Å². The van der Waals surface area contributed by atoms with Crippen LogP contribution in [0.2, 0.25) is 0 Å². The van der Waals surface area contributed by atoms with E-state index in [1.165, 1.54) is 6.26 Å². The standard InChI is InChI=1S/C20H20N2O4/c1-14-4-5-16-15(13-26-18(16)11-14)12-19(23)21-6-8-22(9-7-21)20(24)17-3-2-10-25-17/h2-5,10-11,13H,6-9,12H2,1H3. The summed E-state index contributed by atoms with van der Waals surface area (Å²) >= 11 is 0. The number of aryl methyl sites for hydroxylation is 1. The molecule has 0 N–H and O–H groups in total.